The number of nitro benzene ring substituents is 1. The summed E-state index contributed by atoms with van der Waals surface area (Å²) in [5.74, 6) is 0.616. The molecule has 6 heteroatoms. The zero-order valence-corrected chi connectivity index (χ0v) is 10.9. The SMILES string of the molecule is COc1ccc([N+](=O)[O-])cc1COCC1CCCN1. The Balaban J connectivity index is 1.96. The zero-order chi connectivity index (χ0) is 13.7. The second-order valence-electron chi connectivity index (χ2n) is 4.56. The van der Waals surface area contributed by atoms with E-state index >= 15 is 0 Å². The Bertz CT molecular complexity index is 444. The van der Waals surface area contributed by atoms with Gasteiger partial charge in [-0.1, -0.05) is 0 Å². The number of nitrogens with zero attached hydrogens (tertiary/aromatic N) is 1. The molecule has 0 amide bonds. The summed E-state index contributed by atoms with van der Waals surface area (Å²) >= 11 is 0. The quantitative estimate of drug-likeness (QED) is 0.628. The molecule has 0 radical (unpaired) electrons. The number of rotatable bonds is 6. The van der Waals surface area contributed by atoms with Crippen molar-refractivity contribution in [2.75, 3.05) is 20.3 Å². The van der Waals surface area contributed by atoms with Crippen molar-refractivity contribution in [2.24, 2.45) is 0 Å². The maximum absolute atomic E-state index is 10.7. The molecular weight excluding hydrogens is 248 g/mol. The van der Waals surface area contributed by atoms with Gasteiger partial charge in [0.1, 0.15) is 5.75 Å². The molecule has 1 heterocycles. The van der Waals surface area contributed by atoms with Gasteiger partial charge in [-0.2, -0.15) is 0 Å². The highest BCUT2D eigenvalue weighted by molar-refractivity contribution is 5.43. The molecule has 1 unspecified atom stereocenters. The van der Waals surface area contributed by atoms with Crippen LogP contribution in [0.4, 0.5) is 5.69 Å². The van der Waals surface area contributed by atoms with Crippen molar-refractivity contribution in [3.05, 3.63) is 33.9 Å². The zero-order valence-electron chi connectivity index (χ0n) is 10.9. The Morgan fingerprint density at radius 1 is 1.53 bits per heavy atom. The Morgan fingerprint density at radius 3 is 3.00 bits per heavy atom. The normalized spacial score (nSPS) is 18.5. The number of methoxy groups -OCH3 is 1. The highest BCUT2D eigenvalue weighted by Crippen LogP contribution is 2.24. The fourth-order valence-corrected chi connectivity index (χ4v) is 2.20. The summed E-state index contributed by atoms with van der Waals surface area (Å²) in [6.07, 6.45) is 2.29. The van der Waals surface area contributed by atoms with Crippen LogP contribution in [0.2, 0.25) is 0 Å². The molecule has 0 saturated carbocycles. The lowest BCUT2D eigenvalue weighted by Gasteiger charge is -2.12. The van der Waals surface area contributed by atoms with Crippen LogP contribution in [-0.4, -0.2) is 31.2 Å². The van der Waals surface area contributed by atoms with Gasteiger partial charge in [0.05, 0.1) is 25.2 Å². The molecule has 1 aliphatic heterocycles. The Labute approximate surface area is 111 Å². The summed E-state index contributed by atoms with van der Waals surface area (Å²) in [5, 5.41) is 14.1. The second kappa shape index (κ2) is 6.49. The molecule has 0 aliphatic carbocycles. The summed E-state index contributed by atoms with van der Waals surface area (Å²) in [6.45, 7) is 1.98. The van der Waals surface area contributed by atoms with Crippen LogP contribution in [0.25, 0.3) is 0 Å². The topological polar surface area (TPSA) is 73.6 Å². The molecule has 2 rings (SSSR count). The third-order valence-electron chi connectivity index (χ3n) is 3.21. The van der Waals surface area contributed by atoms with Crippen molar-refractivity contribution in [2.45, 2.75) is 25.5 Å². The molecule has 1 aromatic carbocycles. The number of hydrogen-bond acceptors (Lipinski definition) is 5. The third-order valence-corrected chi connectivity index (χ3v) is 3.21. The predicted molar refractivity (Wildman–Crippen MR) is 70.3 cm³/mol. The molecule has 1 aliphatic rings. The number of non-ortho nitro benzene ring substituents is 1. The molecule has 1 fully saturated rings. The Morgan fingerprint density at radius 2 is 2.37 bits per heavy atom. The molecule has 104 valence electrons. The molecule has 1 atom stereocenters. The van der Waals surface area contributed by atoms with E-state index in [9.17, 15) is 10.1 Å². The fraction of sp³-hybridized carbons (Fsp3) is 0.538. The first kappa shape index (κ1) is 13.8. The lowest BCUT2D eigenvalue weighted by Crippen LogP contribution is -2.26. The predicted octanol–water partition coefficient (Wildman–Crippen LogP) is 1.87. The molecule has 19 heavy (non-hydrogen) atoms. The number of nitro groups is 1. The number of ether oxygens (including phenoxy) is 2. The Kier molecular flexibility index (Phi) is 4.70. The van der Waals surface area contributed by atoms with E-state index in [1.54, 1.807) is 13.2 Å². The first-order chi connectivity index (χ1) is 9.20. The monoisotopic (exact) mass is 266 g/mol. The number of hydrogen-bond donors (Lipinski definition) is 1. The Hall–Kier alpha value is -1.66. The van der Waals surface area contributed by atoms with Crippen LogP contribution in [0.5, 0.6) is 5.75 Å². The highest BCUT2D eigenvalue weighted by atomic mass is 16.6. The second-order valence-corrected chi connectivity index (χ2v) is 4.56. The molecular formula is C13H18N2O4. The fourth-order valence-electron chi connectivity index (χ4n) is 2.20. The maximum atomic E-state index is 10.7. The van der Waals surface area contributed by atoms with Gasteiger partial charge in [-0.05, 0) is 25.5 Å². The molecule has 1 aromatic rings. The summed E-state index contributed by atoms with van der Waals surface area (Å²) in [5.41, 5.74) is 0.757. The summed E-state index contributed by atoms with van der Waals surface area (Å²) in [7, 11) is 1.54. The van der Waals surface area contributed by atoms with Gasteiger partial charge in [0.25, 0.3) is 5.69 Å². The van der Waals surface area contributed by atoms with Crippen molar-refractivity contribution in [3.8, 4) is 5.75 Å². The van der Waals surface area contributed by atoms with Crippen molar-refractivity contribution in [3.63, 3.8) is 0 Å². The molecule has 1 N–H and O–H groups in total. The molecule has 1 saturated heterocycles. The molecule has 0 spiro atoms. The van der Waals surface area contributed by atoms with Crippen LogP contribution in [0, 0.1) is 10.1 Å². The highest BCUT2D eigenvalue weighted by Gasteiger charge is 2.15. The minimum absolute atomic E-state index is 0.0541. The van der Waals surface area contributed by atoms with Gasteiger partial charge in [-0.3, -0.25) is 10.1 Å². The van der Waals surface area contributed by atoms with E-state index in [4.69, 9.17) is 9.47 Å². The van der Waals surface area contributed by atoms with E-state index in [-0.39, 0.29) is 5.69 Å². The van der Waals surface area contributed by atoms with Crippen LogP contribution >= 0.6 is 0 Å². The van der Waals surface area contributed by atoms with Gasteiger partial charge < -0.3 is 14.8 Å². The van der Waals surface area contributed by atoms with Crippen LogP contribution in [-0.2, 0) is 11.3 Å². The number of nitrogens with one attached hydrogen (secondary N) is 1. The van der Waals surface area contributed by atoms with Crippen LogP contribution in [0.1, 0.15) is 18.4 Å². The average Bonchev–Trinajstić information content (AvgIpc) is 2.91. The van der Waals surface area contributed by atoms with Crippen molar-refractivity contribution >= 4 is 5.69 Å². The van der Waals surface area contributed by atoms with Gasteiger partial charge in [0.2, 0.25) is 0 Å². The smallest absolute Gasteiger partial charge is 0.270 e. The first-order valence-corrected chi connectivity index (χ1v) is 6.33. The maximum Gasteiger partial charge on any atom is 0.270 e. The van der Waals surface area contributed by atoms with Gasteiger partial charge in [0, 0.05) is 23.7 Å². The van der Waals surface area contributed by atoms with E-state index in [2.05, 4.69) is 5.32 Å². The van der Waals surface area contributed by atoms with Crippen LogP contribution < -0.4 is 10.1 Å². The minimum atomic E-state index is -0.415. The first-order valence-electron chi connectivity index (χ1n) is 6.33. The molecule has 0 aromatic heterocycles. The van der Waals surface area contributed by atoms with Crippen molar-refractivity contribution in [1.82, 2.24) is 5.32 Å². The van der Waals surface area contributed by atoms with E-state index in [0.29, 0.717) is 30.6 Å². The van der Waals surface area contributed by atoms with Crippen LogP contribution in [0.3, 0.4) is 0 Å². The van der Waals surface area contributed by atoms with Gasteiger partial charge in [-0.15, -0.1) is 0 Å². The van der Waals surface area contributed by atoms with Gasteiger partial charge in [-0.25, -0.2) is 0 Å². The minimum Gasteiger partial charge on any atom is -0.496 e. The summed E-state index contributed by atoms with van der Waals surface area (Å²) in [6, 6.07) is 4.93. The number of benzene rings is 1. The van der Waals surface area contributed by atoms with Gasteiger partial charge >= 0.3 is 0 Å². The molecule has 6 nitrogen and oxygen atoms in total. The van der Waals surface area contributed by atoms with E-state index in [0.717, 1.165) is 13.0 Å². The third kappa shape index (κ3) is 3.65. The van der Waals surface area contributed by atoms with Crippen LogP contribution in [0.15, 0.2) is 18.2 Å². The summed E-state index contributed by atoms with van der Waals surface area (Å²) < 4.78 is 10.8. The van der Waals surface area contributed by atoms with E-state index in [1.807, 2.05) is 0 Å². The lowest BCUT2D eigenvalue weighted by atomic mass is 10.2. The van der Waals surface area contributed by atoms with E-state index < -0.39 is 4.92 Å². The summed E-state index contributed by atoms with van der Waals surface area (Å²) in [4.78, 5) is 10.3. The van der Waals surface area contributed by atoms with Crippen molar-refractivity contribution < 1.29 is 14.4 Å². The standard InChI is InChI=1S/C13H18N2O4/c1-18-13-5-4-12(15(16)17)7-10(13)8-19-9-11-3-2-6-14-11/h4-5,7,11,14H,2-3,6,8-9H2,1H3. The lowest BCUT2D eigenvalue weighted by molar-refractivity contribution is -0.385. The van der Waals surface area contributed by atoms with Gasteiger partial charge in [0.15, 0.2) is 0 Å². The average molecular weight is 266 g/mol. The molecule has 0 bridgehead atoms. The largest absolute Gasteiger partial charge is 0.496 e. The van der Waals surface area contributed by atoms with Crippen molar-refractivity contribution in [1.29, 1.82) is 0 Å². The van der Waals surface area contributed by atoms with E-state index in [1.165, 1.54) is 18.6 Å².